The highest BCUT2D eigenvalue weighted by molar-refractivity contribution is 5.77. The van der Waals surface area contributed by atoms with Crippen molar-refractivity contribution in [3.8, 4) is 0 Å². The van der Waals surface area contributed by atoms with Gasteiger partial charge in [0.2, 0.25) is 0 Å². The van der Waals surface area contributed by atoms with Gasteiger partial charge in [-0.05, 0) is 18.2 Å². The van der Waals surface area contributed by atoms with E-state index in [9.17, 15) is 4.79 Å². The molecule has 0 amide bonds. The van der Waals surface area contributed by atoms with Gasteiger partial charge in [-0.15, -0.1) is 0 Å². The Morgan fingerprint density at radius 1 is 1.19 bits per heavy atom. The van der Waals surface area contributed by atoms with Crippen LogP contribution in [-0.2, 0) is 6.42 Å². The number of hydrogen-bond donors (Lipinski definition) is 0. The lowest BCUT2D eigenvalue weighted by molar-refractivity contribution is 0.904. The molecule has 0 atom stereocenters. The Bertz CT molecular complexity index is 665. The summed E-state index contributed by atoms with van der Waals surface area (Å²) in [5, 5.41) is 0.665. The van der Waals surface area contributed by atoms with Crippen LogP contribution in [0, 0.1) is 0 Å². The van der Waals surface area contributed by atoms with E-state index >= 15 is 0 Å². The van der Waals surface area contributed by atoms with Crippen molar-refractivity contribution in [1.29, 1.82) is 0 Å². The van der Waals surface area contributed by atoms with Gasteiger partial charge in [-0.1, -0.05) is 24.3 Å². The van der Waals surface area contributed by atoms with Crippen LogP contribution in [0.3, 0.4) is 0 Å². The fourth-order valence-corrected chi connectivity index (χ4v) is 1.88. The summed E-state index contributed by atoms with van der Waals surface area (Å²) in [6.45, 7) is 0. The molecule has 3 rings (SSSR count). The molecule has 0 N–H and O–H groups in total. The van der Waals surface area contributed by atoms with Crippen LogP contribution in [0.1, 0.15) is 5.82 Å². The predicted octanol–water partition coefficient (Wildman–Crippen LogP) is 1.98. The first-order chi connectivity index (χ1) is 7.86. The molecule has 0 spiro atoms. The molecule has 78 valence electrons. The van der Waals surface area contributed by atoms with Crippen molar-refractivity contribution < 1.29 is 0 Å². The SMILES string of the molecule is O=c1c2ccccc2nc2n1C=CC=CC2. The smallest absolute Gasteiger partial charge is 0.265 e. The van der Waals surface area contributed by atoms with E-state index in [-0.39, 0.29) is 5.56 Å². The quantitative estimate of drug-likeness (QED) is 0.666. The number of benzene rings is 1. The largest absolute Gasteiger partial charge is 0.271 e. The van der Waals surface area contributed by atoms with Crippen LogP contribution in [-0.4, -0.2) is 9.55 Å². The summed E-state index contributed by atoms with van der Waals surface area (Å²) in [6, 6.07) is 7.44. The average molecular weight is 210 g/mol. The summed E-state index contributed by atoms with van der Waals surface area (Å²) in [7, 11) is 0. The summed E-state index contributed by atoms with van der Waals surface area (Å²) in [5.41, 5.74) is 0.767. The molecular formula is C13H10N2O. The Morgan fingerprint density at radius 2 is 2.06 bits per heavy atom. The second kappa shape index (κ2) is 3.45. The Morgan fingerprint density at radius 3 is 3.00 bits per heavy atom. The third-order valence-electron chi connectivity index (χ3n) is 2.66. The van der Waals surface area contributed by atoms with Crippen LogP contribution >= 0.6 is 0 Å². The van der Waals surface area contributed by atoms with Crippen LogP contribution < -0.4 is 5.56 Å². The van der Waals surface area contributed by atoms with Crippen LogP contribution in [0.5, 0.6) is 0 Å². The van der Waals surface area contributed by atoms with Crippen molar-refractivity contribution in [2.24, 2.45) is 0 Å². The number of fused-ring (bicyclic) bond motifs is 2. The zero-order valence-corrected chi connectivity index (χ0v) is 8.63. The van der Waals surface area contributed by atoms with Gasteiger partial charge >= 0.3 is 0 Å². The van der Waals surface area contributed by atoms with Crippen LogP contribution in [0.15, 0.2) is 47.3 Å². The summed E-state index contributed by atoms with van der Waals surface area (Å²) >= 11 is 0. The minimum absolute atomic E-state index is 0.000509. The molecule has 1 aromatic heterocycles. The summed E-state index contributed by atoms with van der Waals surface area (Å²) < 4.78 is 1.61. The lowest BCUT2D eigenvalue weighted by Crippen LogP contribution is -2.20. The van der Waals surface area contributed by atoms with Gasteiger partial charge in [0, 0.05) is 12.6 Å². The first-order valence-corrected chi connectivity index (χ1v) is 5.20. The van der Waals surface area contributed by atoms with Gasteiger partial charge in [-0.25, -0.2) is 4.98 Å². The number of rotatable bonds is 0. The van der Waals surface area contributed by atoms with E-state index in [2.05, 4.69) is 4.98 Å². The first-order valence-electron chi connectivity index (χ1n) is 5.20. The van der Waals surface area contributed by atoms with E-state index in [1.54, 1.807) is 10.8 Å². The van der Waals surface area contributed by atoms with Gasteiger partial charge < -0.3 is 0 Å². The third kappa shape index (κ3) is 1.29. The van der Waals surface area contributed by atoms with E-state index in [0.717, 1.165) is 11.3 Å². The van der Waals surface area contributed by atoms with Crippen LogP contribution in [0.4, 0.5) is 0 Å². The maximum absolute atomic E-state index is 12.2. The molecule has 1 aromatic carbocycles. The molecule has 0 bridgehead atoms. The van der Waals surface area contributed by atoms with Gasteiger partial charge in [-0.3, -0.25) is 9.36 Å². The Balaban J connectivity index is 2.44. The van der Waals surface area contributed by atoms with E-state index in [1.807, 2.05) is 42.5 Å². The maximum atomic E-state index is 12.2. The molecule has 0 fully saturated rings. The fraction of sp³-hybridized carbons (Fsp3) is 0.0769. The standard InChI is InChI=1S/C13H10N2O/c16-13-10-6-3-4-7-11(10)14-12-8-2-1-5-9-15(12)13/h1-7,9H,8H2. The summed E-state index contributed by atoms with van der Waals surface area (Å²) in [5.74, 6) is 0.786. The zero-order valence-electron chi connectivity index (χ0n) is 8.63. The molecule has 1 aliphatic rings. The number of aromatic nitrogens is 2. The zero-order chi connectivity index (χ0) is 11.0. The molecule has 1 aliphatic heterocycles. The molecule has 0 unspecified atom stereocenters. The minimum atomic E-state index is 0.000509. The van der Waals surface area contributed by atoms with E-state index in [4.69, 9.17) is 0 Å². The summed E-state index contributed by atoms with van der Waals surface area (Å²) in [6.07, 6.45) is 8.23. The first kappa shape index (κ1) is 9.09. The topological polar surface area (TPSA) is 34.9 Å². The van der Waals surface area contributed by atoms with Crippen LogP contribution in [0.2, 0.25) is 0 Å². The lowest BCUT2D eigenvalue weighted by atomic mass is 10.2. The van der Waals surface area contributed by atoms with Gasteiger partial charge in [0.25, 0.3) is 5.56 Å². The highest BCUT2D eigenvalue weighted by Crippen LogP contribution is 2.10. The normalized spacial score (nSPS) is 13.8. The second-order valence-corrected chi connectivity index (χ2v) is 3.69. The minimum Gasteiger partial charge on any atom is -0.271 e. The number of allylic oxidation sites excluding steroid dienone is 3. The average Bonchev–Trinajstić information content (AvgIpc) is 2.55. The monoisotopic (exact) mass is 210 g/mol. The second-order valence-electron chi connectivity index (χ2n) is 3.69. The predicted molar refractivity (Wildman–Crippen MR) is 64.2 cm³/mol. The van der Waals surface area contributed by atoms with Gasteiger partial charge in [-0.2, -0.15) is 0 Å². The Labute approximate surface area is 92.4 Å². The molecule has 2 heterocycles. The van der Waals surface area contributed by atoms with E-state index in [1.165, 1.54) is 0 Å². The highest BCUT2D eigenvalue weighted by atomic mass is 16.1. The third-order valence-corrected chi connectivity index (χ3v) is 2.66. The molecule has 16 heavy (non-hydrogen) atoms. The molecule has 0 saturated heterocycles. The van der Waals surface area contributed by atoms with E-state index in [0.29, 0.717) is 11.8 Å². The van der Waals surface area contributed by atoms with Crippen LogP contribution in [0.25, 0.3) is 17.1 Å². The van der Waals surface area contributed by atoms with E-state index < -0.39 is 0 Å². The number of nitrogens with zero attached hydrogens (tertiary/aromatic N) is 2. The fourth-order valence-electron chi connectivity index (χ4n) is 1.88. The molecule has 3 heteroatoms. The van der Waals surface area contributed by atoms with Gasteiger partial charge in [0.15, 0.2) is 0 Å². The van der Waals surface area contributed by atoms with Crippen molar-refractivity contribution >= 4 is 17.1 Å². The number of hydrogen-bond acceptors (Lipinski definition) is 2. The maximum Gasteiger partial charge on any atom is 0.265 e. The molecule has 0 saturated carbocycles. The van der Waals surface area contributed by atoms with Crippen molar-refractivity contribution in [3.05, 3.63) is 58.7 Å². The summed E-state index contributed by atoms with van der Waals surface area (Å²) in [4.78, 5) is 16.7. The van der Waals surface area contributed by atoms with Gasteiger partial charge in [0.05, 0.1) is 10.9 Å². The Hall–Kier alpha value is -2.16. The molecule has 3 nitrogen and oxygen atoms in total. The molecule has 0 radical (unpaired) electrons. The Kier molecular flexibility index (Phi) is 1.96. The van der Waals surface area contributed by atoms with Crippen molar-refractivity contribution in [2.75, 3.05) is 0 Å². The highest BCUT2D eigenvalue weighted by Gasteiger charge is 2.08. The lowest BCUT2D eigenvalue weighted by Gasteiger charge is -2.06. The van der Waals surface area contributed by atoms with Crippen molar-refractivity contribution in [2.45, 2.75) is 6.42 Å². The number of para-hydroxylation sites is 1. The molecule has 2 aromatic rings. The van der Waals surface area contributed by atoms with Crippen molar-refractivity contribution in [3.63, 3.8) is 0 Å². The molecule has 0 aliphatic carbocycles. The molecular weight excluding hydrogens is 200 g/mol. The van der Waals surface area contributed by atoms with Crippen molar-refractivity contribution in [1.82, 2.24) is 9.55 Å². The van der Waals surface area contributed by atoms with Gasteiger partial charge in [0.1, 0.15) is 5.82 Å².